The molecule has 0 radical (unpaired) electrons. The Labute approximate surface area is 211 Å². The summed E-state index contributed by atoms with van der Waals surface area (Å²) in [6.07, 6.45) is 7.83. The first kappa shape index (κ1) is 25.2. The second-order valence-corrected chi connectivity index (χ2v) is 8.62. The third-order valence-corrected chi connectivity index (χ3v) is 5.83. The summed E-state index contributed by atoms with van der Waals surface area (Å²) in [6, 6.07) is 23.7. The van der Waals surface area contributed by atoms with Gasteiger partial charge in [0.15, 0.2) is 23.8 Å². The number of fused-ring (bicyclic) bond motifs is 1. The van der Waals surface area contributed by atoms with Crippen LogP contribution in [0.5, 0.6) is 0 Å². The van der Waals surface area contributed by atoms with Crippen LogP contribution in [0.4, 0.5) is 0 Å². The standard InChI is InChI=1S/C14H16N3O.C14H15N3O/c18-14-11-16(9-12-5-1-3-7-15-12)10-13-6-2-4-8-17(13)14;18-10-9-17(11-13-5-1-3-7-15-13)12-14-6-2-4-8-16-14/h1-8,14,18H,9-11H2;1-8,10H,9,11-12H2/q+1;/p+1. The maximum Gasteiger partial charge on any atom is 0.273 e. The number of H-pyrrole nitrogens is 1. The first-order valence-electron chi connectivity index (χ1n) is 12.0. The van der Waals surface area contributed by atoms with Gasteiger partial charge in [0, 0.05) is 49.7 Å². The maximum atomic E-state index is 10.7. The number of carbonyl (C=O) groups excluding carboxylic acids is 1. The van der Waals surface area contributed by atoms with Crippen LogP contribution >= 0.6 is 0 Å². The number of aliphatic hydroxyl groups excluding tert-OH is 1. The number of hydrogen-bond donors (Lipinski definition) is 1. The summed E-state index contributed by atoms with van der Waals surface area (Å²) in [7, 11) is 0. The summed E-state index contributed by atoms with van der Waals surface area (Å²) in [4.78, 5) is 26.7. The van der Waals surface area contributed by atoms with Gasteiger partial charge >= 0.3 is 0 Å². The fraction of sp³-hybridized carbons (Fsp3) is 0.250. The molecule has 0 spiro atoms. The Morgan fingerprint density at radius 2 is 1.67 bits per heavy atom. The van der Waals surface area contributed by atoms with E-state index in [1.165, 1.54) is 0 Å². The van der Waals surface area contributed by atoms with Gasteiger partial charge in [0.05, 0.1) is 37.6 Å². The van der Waals surface area contributed by atoms with E-state index in [1.807, 2.05) is 82.5 Å². The minimum atomic E-state index is -0.460. The van der Waals surface area contributed by atoms with Gasteiger partial charge in [-0.1, -0.05) is 24.3 Å². The Kier molecular flexibility index (Phi) is 9.32. The van der Waals surface area contributed by atoms with Crippen LogP contribution in [0.2, 0.25) is 0 Å². The Morgan fingerprint density at radius 1 is 0.972 bits per heavy atom. The number of nitrogens with one attached hydrogen (secondary N) is 1. The topological polar surface area (TPSA) is 87.6 Å². The Bertz CT molecular complexity index is 1150. The zero-order chi connectivity index (χ0) is 25.0. The lowest BCUT2D eigenvalue weighted by Gasteiger charge is -2.25. The zero-order valence-electron chi connectivity index (χ0n) is 20.2. The lowest BCUT2D eigenvalue weighted by atomic mass is 10.2. The van der Waals surface area contributed by atoms with Crippen LogP contribution in [0.15, 0.2) is 97.6 Å². The number of nitrogens with zero attached hydrogens (tertiary/aromatic N) is 5. The number of aromatic nitrogens is 4. The summed E-state index contributed by atoms with van der Waals surface area (Å²) < 4.78 is 1.94. The van der Waals surface area contributed by atoms with Crippen molar-refractivity contribution >= 4 is 6.29 Å². The molecule has 8 nitrogen and oxygen atoms in total. The number of carbonyl (C=O) groups is 1. The number of pyridine rings is 4. The Morgan fingerprint density at radius 3 is 2.28 bits per heavy atom. The minimum absolute atomic E-state index is 0.382. The summed E-state index contributed by atoms with van der Waals surface area (Å²) >= 11 is 0. The number of rotatable bonds is 8. The molecule has 8 heteroatoms. The summed E-state index contributed by atoms with van der Waals surface area (Å²) in [5.41, 5.74) is 4.21. The van der Waals surface area contributed by atoms with E-state index >= 15 is 0 Å². The van der Waals surface area contributed by atoms with Gasteiger partial charge in [-0.15, -0.1) is 0 Å². The van der Waals surface area contributed by atoms with Crippen molar-refractivity contribution in [2.75, 3.05) is 13.1 Å². The molecule has 1 unspecified atom stereocenters. The highest BCUT2D eigenvalue weighted by Crippen LogP contribution is 2.13. The van der Waals surface area contributed by atoms with Gasteiger partial charge in [-0.25, -0.2) is 4.98 Å². The van der Waals surface area contributed by atoms with E-state index in [2.05, 4.69) is 32.0 Å². The molecule has 1 atom stereocenters. The van der Waals surface area contributed by atoms with Crippen LogP contribution in [0.25, 0.3) is 0 Å². The van der Waals surface area contributed by atoms with Crippen molar-refractivity contribution in [3.63, 3.8) is 0 Å². The maximum absolute atomic E-state index is 10.7. The number of aliphatic hydroxyl groups is 1. The van der Waals surface area contributed by atoms with Crippen molar-refractivity contribution in [1.29, 1.82) is 0 Å². The molecule has 0 aliphatic carbocycles. The van der Waals surface area contributed by atoms with E-state index in [0.717, 1.165) is 42.2 Å². The molecule has 0 aromatic carbocycles. The van der Waals surface area contributed by atoms with E-state index in [0.29, 0.717) is 26.2 Å². The predicted molar refractivity (Wildman–Crippen MR) is 134 cm³/mol. The van der Waals surface area contributed by atoms with Gasteiger partial charge in [-0.05, 0) is 24.3 Å². The van der Waals surface area contributed by atoms with E-state index < -0.39 is 6.23 Å². The normalized spacial score (nSPS) is 15.0. The average Bonchev–Trinajstić information content (AvgIpc) is 2.91. The molecule has 2 N–H and O–H groups in total. The van der Waals surface area contributed by atoms with Crippen molar-refractivity contribution in [1.82, 2.24) is 19.8 Å². The van der Waals surface area contributed by atoms with Gasteiger partial charge < -0.3 is 9.90 Å². The SMILES string of the molecule is O=CCN(Cc1ccccn1)Cc1ccccn1.OC1CN(Cc2cccc[nH+]2)Cc2cccc[n+]21. The molecule has 4 aromatic rings. The largest absolute Gasteiger partial charge is 0.336 e. The van der Waals surface area contributed by atoms with Crippen LogP contribution in [-0.2, 0) is 31.0 Å². The number of hydrogen-bond acceptors (Lipinski definition) is 6. The number of β-amino-alcohol motifs (C(OH)–C–C–N with tert-alkyl or cyclic N) is 1. The molecule has 1 aliphatic rings. The van der Waals surface area contributed by atoms with E-state index in [9.17, 15) is 9.90 Å². The third-order valence-electron chi connectivity index (χ3n) is 5.83. The molecule has 0 saturated carbocycles. The van der Waals surface area contributed by atoms with Gasteiger partial charge in [-0.2, -0.15) is 4.57 Å². The first-order chi connectivity index (χ1) is 17.7. The lowest BCUT2D eigenvalue weighted by Crippen LogP contribution is -2.54. The molecule has 4 aromatic heterocycles. The first-order valence-corrected chi connectivity index (χ1v) is 12.0. The van der Waals surface area contributed by atoms with E-state index in [1.54, 1.807) is 12.4 Å². The summed E-state index contributed by atoms with van der Waals surface area (Å²) in [5, 5.41) is 10.1. The second kappa shape index (κ2) is 13.3. The molecule has 0 fully saturated rings. The summed E-state index contributed by atoms with van der Waals surface area (Å²) in [5.74, 6) is 0. The second-order valence-electron chi connectivity index (χ2n) is 8.62. The van der Waals surface area contributed by atoms with Crippen molar-refractivity contribution in [3.8, 4) is 0 Å². The van der Waals surface area contributed by atoms with E-state index in [4.69, 9.17) is 0 Å². The highest BCUT2D eigenvalue weighted by molar-refractivity contribution is 5.52. The molecule has 36 heavy (non-hydrogen) atoms. The Hall–Kier alpha value is -3.85. The quantitative estimate of drug-likeness (QED) is 0.304. The zero-order valence-corrected chi connectivity index (χ0v) is 20.2. The number of aldehydes is 1. The van der Waals surface area contributed by atoms with Crippen LogP contribution in [0.3, 0.4) is 0 Å². The van der Waals surface area contributed by atoms with Gasteiger partial charge in [0.2, 0.25) is 0 Å². The Balaban J connectivity index is 0.000000169. The molecule has 0 amide bonds. The van der Waals surface area contributed by atoms with Crippen LogP contribution in [-0.4, -0.2) is 44.2 Å². The molecule has 5 heterocycles. The van der Waals surface area contributed by atoms with Crippen molar-refractivity contribution in [2.24, 2.45) is 0 Å². The fourth-order valence-corrected chi connectivity index (χ4v) is 4.15. The monoisotopic (exact) mass is 484 g/mol. The fourth-order valence-electron chi connectivity index (χ4n) is 4.15. The molecule has 184 valence electrons. The van der Waals surface area contributed by atoms with Crippen molar-refractivity contribution in [2.45, 2.75) is 32.4 Å². The van der Waals surface area contributed by atoms with Crippen molar-refractivity contribution < 1.29 is 19.5 Å². The molecule has 0 bridgehead atoms. The lowest BCUT2D eigenvalue weighted by molar-refractivity contribution is -0.773. The van der Waals surface area contributed by atoms with Crippen molar-refractivity contribution in [3.05, 3.63) is 120 Å². The van der Waals surface area contributed by atoms with Gasteiger partial charge in [-0.3, -0.25) is 19.8 Å². The van der Waals surface area contributed by atoms with Crippen LogP contribution < -0.4 is 9.55 Å². The number of aromatic amines is 1. The highest BCUT2D eigenvalue weighted by atomic mass is 16.3. The molecular weight excluding hydrogens is 452 g/mol. The predicted octanol–water partition coefficient (Wildman–Crippen LogP) is 1.97. The third kappa shape index (κ3) is 7.58. The molecule has 5 rings (SSSR count). The van der Waals surface area contributed by atoms with Gasteiger partial charge in [0.1, 0.15) is 6.29 Å². The van der Waals surface area contributed by atoms with Crippen LogP contribution in [0, 0.1) is 0 Å². The summed E-state index contributed by atoms with van der Waals surface area (Å²) in [6.45, 7) is 4.03. The molecule has 0 saturated heterocycles. The minimum Gasteiger partial charge on any atom is -0.336 e. The smallest absolute Gasteiger partial charge is 0.273 e. The highest BCUT2D eigenvalue weighted by Gasteiger charge is 2.30. The average molecular weight is 485 g/mol. The van der Waals surface area contributed by atoms with E-state index in [-0.39, 0.29) is 0 Å². The molecule has 1 aliphatic heterocycles. The van der Waals surface area contributed by atoms with Crippen LogP contribution in [0.1, 0.15) is 29.0 Å². The molecular formula is C28H32N6O2+2. The van der Waals surface area contributed by atoms with Gasteiger partial charge in [0.25, 0.3) is 6.23 Å².